The molecule has 23 heavy (non-hydrogen) atoms. The van der Waals surface area contributed by atoms with Gasteiger partial charge in [-0.15, -0.1) is 12.4 Å². The maximum Gasteiger partial charge on any atom is 0.226 e. The average molecular weight is 335 g/mol. The van der Waals surface area contributed by atoms with Gasteiger partial charge < -0.3 is 10.6 Å². The number of amides is 1. The second-order valence-corrected chi connectivity index (χ2v) is 7.62. The second kappa shape index (κ2) is 6.10. The number of benzene rings is 1. The lowest BCUT2D eigenvalue weighted by molar-refractivity contribution is -0.135. The fourth-order valence-corrected chi connectivity index (χ4v) is 4.78. The van der Waals surface area contributed by atoms with Crippen LogP contribution in [0.1, 0.15) is 43.7 Å². The summed E-state index contributed by atoms with van der Waals surface area (Å²) in [5.41, 5.74) is 9.15. The Balaban J connectivity index is 0.00000156. The Labute approximate surface area is 145 Å². The lowest BCUT2D eigenvalue weighted by atomic mass is 9.91. The molecule has 4 heteroatoms. The van der Waals surface area contributed by atoms with Crippen LogP contribution in [0.25, 0.3) is 0 Å². The number of likely N-dealkylation sites (tertiary alicyclic amines) is 1. The Kier molecular flexibility index (Phi) is 4.45. The zero-order valence-corrected chi connectivity index (χ0v) is 14.6. The summed E-state index contributed by atoms with van der Waals surface area (Å²) in [6.45, 7) is 3.87. The number of carbonyl (C=O) groups excluding carboxylic acids is 1. The monoisotopic (exact) mass is 334 g/mol. The molecule has 2 aliphatic carbocycles. The maximum absolute atomic E-state index is 13.0. The molecular formula is C19H27ClN2O. The minimum atomic E-state index is 0. The van der Waals surface area contributed by atoms with Crippen LogP contribution >= 0.6 is 12.4 Å². The molecule has 4 unspecified atom stereocenters. The van der Waals surface area contributed by atoms with Crippen molar-refractivity contribution >= 4 is 18.3 Å². The number of halogens is 1. The van der Waals surface area contributed by atoms with E-state index in [4.69, 9.17) is 5.73 Å². The fourth-order valence-electron chi connectivity index (χ4n) is 4.78. The summed E-state index contributed by atoms with van der Waals surface area (Å²) in [6, 6.07) is 8.91. The van der Waals surface area contributed by atoms with Gasteiger partial charge in [0.15, 0.2) is 0 Å². The lowest BCUT2D eigenvalue weighted by Gasteiger charge is -2.35. The van der Waals surface area contributed by atoms with E-state index in [1.165, 1.54) is 17.5 Å². The summed E-state index contributed by atoms with van der Waals surface area (Å²) in [6.07, 6.45) is 5.63. The van der Waals surface area contributed by atoms with Crippen molar-refractivity contribution in [1.29, 1.82) is 0 Å². The molecule has 3 aliphatic rings. The van der Waals surface area contributed by atoms with E-state index in [-0.39, 0.29) is 29.8 Å². The third kappa shape index (κ3) is 2.68. The standard InChI is InChI=1S/C19H26N2O.ClH/c1-13(20)15-6-4-10-21(12-15)18(22)17-11-19(17)9-8-14-5-2-3-7-16(14)19;/h2-3,5,7,13,15,17H,4,6,8-12,20H2,1H3;1H. The van der Waals surface area contributed by atoms with Crippen molar-refractivity contribution in [3.63, 3.8) is 0 Å². The minimum Gasteiger partial charge on any atom is -0.342 e. The van der Waals surface area contributed by atoms with E-state index in [0.29, 0.717) is 11.8 Å². The van der Waals surface area contributed by atoms with E-state index in [2.05, 4.69) is 36.1 Å². The van der Waals surface area contributed by atoms with Gasteiger partial charge in [-0.2, -0.15) is 0 Å². The summed E-state index contributed by atoms with van der Waals surface area (Å²) < 4.78 is 0. The van der Waals surface area contributed by atoms with E-state index in [1.807, 2.05) is 0 Å². The van der Waals surface area contributed by atoms with Crippen molar-refractivity contribution in [3.8, 4) is 0 Å². The topological polar surface area (TPSA) is 46.3 Å². The van der Waals surface area contributed by atoms with Crippen LogP contribution in [0.3, 0.4) is 0 Å². The predicted molar refractivity (Wildman–Crippen MR) is 94.7 cm³/mol. The van der Waals surface area contributed by atoms with Crippen molar-refractivity contribution < 1.29 is 4.79 Å². The van der Waals surface area contributed by atoms with Crippen LogP contribution in [0.5, 0.6) is 0 Å². The maximum atomic E-state index is 13.0. The number of nitrogens with zero attached hydrogens (tertiary/aromatic N) is 1. The highest BCUT2D eigenvalue weighted by atomic mass is 35.5. The number of hydrogen-bond acceptors (Lipinski definition) is 2. The van der Waals surface area contributed by atoms with Crippen LogP contribution in [0.2, 0.25) is 0 Å². The third-order valence-electron chi connectivity index (χ3n) is 6.28. The van der Waals surface area contributed by atoms with E-state index in [0.717, 1.165) is 38.8 Å². The Hall–Kier alpha value is -1.06. The third-order valence-corrected chi connectivity index (χ3v) is 6.28. The lowest BCUT2D eigenvalue weighted by Crippen LogP contribution is -2.46. The molecule has 0 radical (unpaired) electrons. The van der Waals surface area contributed by atoms with Gasteiger partial charge in [-0.25, -0.2) is 0 Å². The van der Waals surface area contributed by atoms with Crippen molar-refractivity contribution in [3.05, 3.63) is 35.4 Å². The Bertz CT molecular complexity index is 603. The summed E-state index contributed by atoms with van der Waals surface area (Å²) in [5.74, 6) is 1.09. The molecule has 1 spiro atoms. The fraction of sp³-hybridized carbons (Fsp3) is 0.632. The molecule has 1 saturated heterocycles. The summed E-state index contributed by atoms with van der Waals surface area (Å²) >= 11 is 0. The summed E-state index contributed by atoms with van der Waals surface area (Å²) in [5, 5.41) is 0. The van der Waals surface area contributed by atoms with Gasteiger partial charge in [0.05, 0.1) is 0 Å². The molecule has 3 nitrogen and oxygen atoms in total. The molecule has 0 bridgehead atoms. The molecule has 4 rings (SSSR count). The van der Waals surface area contributed by atoms with Crippen LogP contribution in [-0.2, 0) is 16.6 Å². The minimum absolute atomic E-state index is 0. The van der Waals surface area contributed by atoms with Crippen molar-refractivity contribution in [2.75, 3.05) is 13.1 Å². The first kappa shape index (κ1) is 16.8. The van der Waals surface area contributed by atoms with Crippen LogP contribution in [0, 0.1) is 11.8 Å². The molecule has 1 heterocycles. The molecule has 1 aromatic carbocycles. The molecule has 0 aromatic heterocycles. The number of carbonyl (C=O) groups is 1. The van der Waals surface area contributed by atoms with E-state index in [1.54, 1.807) is 0 Å². The van der Waals surface area contributed by atoms with Crippen LogP contribution < -0.4 is 5.73 Å². The normalized spacial score (nSPS) is 33.0. The number of nitrogens with two attached hydrogens (primary N) is 1. The van der Waals surface area contributed by atoms with Crippen molar-refractivity contribution in [2.24, 2.45) is 17.6 Å². The Morgan fingerprint density at radius 3 is 2.96 bits per heavy atom. The zero-order valence-electron chi connectivity index (χ0n) is 13.8. The van der Waals surface area contributed by atoms with Crippen LogP contribution in [0.15, 0.2) is 24.3 Å². The smallest absolute Gasteiger partial charge is 0.226 e. The molecule has 2 N–H and O–H groups in total. The average Bonchev–Trinajstić information content (AvgIpc) is 3.16. The van der Waals surface area contributed by atoms with Gasteiger partial charge in [-0.3, -0.25) is 4.79 Å². The Morgan fingerprint density at radius 2 is 2.17 bits per heavy atom. The van der Waals surface area contributed by atoms with Crippen LogP contribution in [0.4, 0.5) is 0 Å². The van der Waals surface area contributed by atoms with Gasteiger partial charge in [-0.05, 0) is 56.1 Å². The van der Waals surface area contributed by atoms with Gasteiger partial charge in [0.2, 0.25) is 5.91 Å². The van der Waals surface area contributed by atoms with E-state index < -0.39 is 0 Å². The number of aryl methyl sites for hydroxylation is 1. The van der Waals surface area contributed by atoms with Gasteiger partial charge in [0, 0.05) is 30.5 Å². The molecule has 4 atom stereocenters. The molecule has 1 aliphatic heterocycles. The van der Waals surface area contributed by atoms with Crippen LogP contribution in [-0.4, -0.2) is 29.9 Å². The van der Waals surface area contributed by atoms with Gasteiger partial charge in [0.25, 0.3) is 0 Å². The highest BCUT2D eigenvalue weighted by molar-refractivity contribution is 5.85. The number of piperidine rings is 1. The first-order chi connectivity index (χ1) is 10.6. The Morgan fingerprint density at radius 1 is 1.39 bits per heavy atom. The molecule has 2 fully saturated rings. The number of rotatable bonds is 2. The predicted octanol–water partition coefficient (Wildman–Crippen LogP) is 2.90. The van der Waals surface area contributed by atoms with Gasteiger partial charge >= 0.3 is 0 Å². The highest BCUT2D eigenvalue weighted by Crippen LogP contribution is 2.62. The zero-order chi connectivity index (χ0) is 15.3. The summed E-state index contributed by atoms with van der Waals surface area (Å²) in [7, 11) is 0. The van der Waals surface area contributed by atoms with Gasteiger partial charge in [0.1, 0.15) is 0 Å². The quantitative estimate of drug-likeness (QED) is 0.904. The van der Waals surface area contributed by atoms with E-state index >= 15 is 0 Å². The molecule has 1 amide bonds. The first-order valence-electron chi connectivity index (χ1n) is 8.74. The van der Waals surface area contributed by atoms with Gasteiger partial charge in [-0.1, -0.05) is 24.3 Å². The molecular weight excluding hydrogens is 308 g/mol. The SMILES string of the molecule is CC(N)C1CCCN(C(=O)C2CC23CCc2ccccc23)C1.Cl. The number of fused-ring (bicyclic) bond motifs is 2. The largest absolute Gasteiger partial charge is 0.342 e. The number of hydrogen-bond donors (Lipinski definition) is 1. The van der Waals surface area contributed by atoms with E-state index in [9.17, 15) is 4.79 Å². The van der Waals surface area contributed by atoms with Crippen molar-refractivity contribution in [2.45, 2.75) is 50.5 Å². The molecule has 126 valence electrons. The molecule has 1 aromatic rings. The first-order valence-corrected chi connectivity index (χ1v) is 8.74. The highest BCUT2D eigenvalue weighted by Gasteiger charge is 2.62. The second-order valence-electron chi connectivity index (χ2n) is 7.62. The van der Waals surface area contributed by atoms with Crippen molar-refractivity contribution in [1.82, 2.24) is 4.90 Å². The molecule has 1 saturated carbocycles. The summed E-state index contributed by atoms with van der Waals surface area (Å²) in [4.78, 5) is 15.1.